The summed E-state index contributed by atoms with van der Waals surface area (Å²) in [4.78, 5) is 15.3. The molecule has 0 aliphatic carbocycles. The van der Waals surface area contributed by atoms with Crippen molar-refractivity contribution in [2.75, 3.05) is 13.1 Å². The number of carbonyl (C=O) groups is 1. The van der Waals surface area contributed by atoms with E-state index >= 15 is 0 Å². The van der Waals surface area contributed by atoms with Gasteiger partial charge in [0.2, 0.25) is 0 Å². The summed E-state index contributed by atoms with van der Waals surface area (Å²) >= 11 is 0. The number of hydrogen-bond acceptors (Lipinski definition) is 3. The number of likely N-dealkylation sites (tertiary alicyclic amines) is 1. The van der Waals surface area contributed by atoms with Gasteiger partial charge in [-0.15, -0.1) is 0 Å². The Morgan fingerprint density at radius 1 is 1.12 bits per heavy atom. The minimum atomic E-state index is -0.278. The maximum absolute atomic E-state index is 13.1. The third-order valence-electron chi connectivity index (χ3n) is 6.19. The smallest absolute Gasteiger partial charge is 0.255 e. The molecule has 1 saturated heterocycles. The minimum absolute atomic E-state index is 0.130. The number of nitrogens with zero attached hydrogens (tertiary/aromatic N) is 3. The van der Waals surface area contributed by atoms with Crippen LogP contribution in [-0.4, -0.2) is 33.7 Å². The van der Waals surface area contributed by atoms with Crippen molar-refractivity contribution in [3.8, 4) is 0 Å². The van der Waals surface area contributed by atoms with Crippen molar-refractivity contribution in [1.82, 2.24) is 20.0 Å². The summed E-state index contributed by atoms with van der Waals surface area (Å²) in [7, 11) is 1.85. The number of halogens is 1. The predicted octanol–water partition coefficient (Wildman–Crippen LogP) is 4.25. The van der Waals surface area contributed by atoms with Crippen molar-refractivity contribution in [1.29, 1.82) is 0 Å². The van der Waals surface area contributed by atoms with Gasteiger partial charge in [0.15, 0.2) is 0 Å². The fourth-order valence-corrected chi connectivity index (χ4v) is 4.45. The lowest BCUT2D eigenvalue weighted by atomic mass is 9.91. The summed E-state index contributed by atoms with van der Waals surface area (Å²) in [6.07, 6.45) is 4.83. The summed E-state index contributed by atoms with van der Waals surface area (Å²) in [5, 5.41) is 7.52. The van der Waals surface area contributed by atoms with Gasteiger partial charge < -0.3 is 5.32 Å². The molecule has 5 nitrogen and oxygen atoms in total. The molecule has 1 aromatic heterocycles. The highest BCUT2D eigenvalue weighted by atomic mass is 19.1. The molecule has 2 aromatic carbocycles. The standard InChI is InChI=1S/C26H31FN4O/c1-19-4-3-5-22(14-19)17-31-12-10-20(11-13-31)15-25-24(18-30(2)29-25)26(32)28-16-21-6-8-23(27)9-7-21/h3-9,14,18,20H,10-13,15-17H2,1-2H3,(H,28,32). The van der Waals surface area contributed by atoms with Crippen molar-refractivity contribution >= 4 is 5.91 Å². The van der Waals surface area contributed by atoms with Crippen LogP contribution in [0, 0.1) is 18.7 Å². The second-order valence-electron chi connectivity index (χ2n) is 8.88. The van der Waals surface area contributed by atoms with Crippen LogP contribution in [0.25, 0.3) is 0 Å². The van der Waals surface area contributed by atoms with E-state index in [1.807, 2.05) is 7.05 Å². The Bertz CT molecular complexity index is 1050. The largest absolute Gasteiger partial charge is 0.348 e. The molecule has 6 heteroatoms. The highest BCUT2D eigenvalue weighted by Crippen LogP contribution is 2.24. The van der Waals surface area contributed by atoms with E-state index < -0.39 is 0 Å². The highest BCUT2D eigenvalue weighted by molar-refractivity contribution is 5.95. The number of amides is 1. The topological polar surface area (TPSA) is 50.2 Å². The van der Waals surface area contributed by atoms with Crippen LogP contribution in [0.3, 0.4) is 0 Å². The molecule has 0 bridgehead atoms. The lowest BCUT2D eigenvalue weighted by Crippen LogP contribution is -2.34. The highest BCUT2D eigenvalue weighted by Gasteiger charge is 2.23. The Morgan fingerprint density at radius 3 is 2.59 bits per heavy atom. The molecule has 0 unspecified atom stereocenters. The third kappa shape index (κ3) is 5.82. The molecule has 1 amide bonds. The number of piperidine rings is 1. The second-order valence-corrected chi connectivity index (χ2v) is 8.88. The number of aryl methyl sites for hydroxylation is 2. The van der Waals surface area contributed by atoms with E-state index in [9.17, 15) is 9.18 Å². The van der Waals surface area contributed by atoms with Gasteiger partial charge in [0, 0.05) is 26.3 Å². The van der Waals surface area contributed by atoms with Gasteiger partial charge in [0.25, 0.3) is 5.91 Å². The summed E-state index contributed by atoms with van der Waals surface area (Å²) in [5.74, 6) is 0.121. The van der Waals surface area contributed by atoms with Gasteiger partial charge >= 0.3 is 0 Å². The van der Waals surface area contributed by atoms with Crippen molar-refractivity contribution in [2.45, 2.75) is 39.3 Å². The average Bonchev–Trinajstić information content (AvgIpc) is 3.14. The van der Waals surface area contributed by atoms with Gasteiger partial charge in [-0.3, -0.25) is 14.4 Å². The molecule has 0 radical (unpaired) electrons. The first kappa shape index (κ1) is 22.2. The monoisotopic (exact) mass is 434 g/mol. The number of benzene rings is 2. The zero-order valence-corrected chi connectivity index (χ0v) is 18.9. The quantitative estimate of drug-likeness (QED) is 0.605. The SMILES string of the molecule is Cc1cccc(CN2CCC(Cc3nn(C)cc3C(=O)NCc3ccc(F)cc3)CC2)c1. The molecule has 168 valence electrons. The molecule has 1 N–H and O–H groups in total. The third-order valence-corrected chi connectivity index (χ3v) is 6.19. The van der Waals surface area contributed by atoms with Gasteiger partial charge in [-0.1, -0.05) is 42.0 Å². The molecular weight excluding hydrogens is 403 g/mol. The molecule has 0 atom stereocenters. The Morgan fingerprint density at radius 2 is 1.88 bits per heavy atom. The molecule has 0 saturated carbocycles. The Hall–Kier alpha value is -2.99. The van der Waals surface area contributed by atoms with E-state index in [0.29, 0.717) is 18.0 Å². The molecule has 2 heterocycles. The van der Waals surface area contributed by atoms with Gasteiger partial charge in [-0.2, -0.15) is 5.10 Å². The van der Waals surface area contributed by atoms with Crippen LogP contribution >= 0.6 is 0 Å². The lowest BCUT2D eigenvalue weighted by molar-refractivity contribution is 0.0949. The zero-order chi connectivity index (χ0) is 22.5. The molecule has 4 rings (SSSR count). The maximum atomic E-state index is 13.1. The Balaban J connectivity index is 1.31. The normalized spacial score (nSPS) is 15.1. The van der Waals surface area contributed by atoms with Crippen LogP contribution in [0.1, 0.15) is 45.6 Å². The summed E-state index contributed by atoms with van der Waals surface area (Å²) in [6, 6.07) is 14.9. The zero-order valence-electron chi connectivity index (χ0n) is 18.9. The summed E-state index contributed by atoms with van der Waals surface area (Å²) in [5.41, 5.74) is 5.04. The second kappa shape index (κ2) is 10.1. The van der Waals surface area contributed by atoms with Crippen LogP contribution in [0.4, 0.5) is 4.39 Å². The number of nitrogens with one attached hydrogen (secondary N) is 1. The van der Waals surface area contributed by atoms with E-state index in [1.54, 1.807) is 23.0 Å². The molecule has 3 aromatic rings. The van der Waals surface area contributed by atoms with E-state index in [1.165, 1.54) is 23.3 Å². The van der Waals surface area contributed by atoms with E-state index in [-0.39, 0.29) is 11.7 Å². The van der Waals surface area contributed by atoms with Gasteiger partial charge in [-0.05, 0) is 68.5 Å². The minimum Gasteiger partial charge on any atom is -0.348 e. The Labute approximate surface area is 189 Å². The van der Waals surface area contributed by atoms with E-state index in [4.69, 9.17) is 0 Å². The van der Waals surface area contributed by atoms with Crippen LogP contribution in [0.5, 0.6) is 0 Å². The van der Waals surface area contributed by atoms with E-state index in [0.717, 1.165) is 50.2 Å². The van der Waals surface area contributed by atoms with Crippen molar-refractivity contribution in [3.05, 3.63) is 88.5 Å². The molecule has 1 aliphatic rings. The van der Waals surface area contributed by atoms with Crippen LogP contribution < -0.4 is 5.32 Å². The first-order valence-electron chi connectivity index (χ1n) is 11.3. The van der Waals surface area contributed by atoms with Crippen molar-refractivity contribution in [2.24, 2.45) is 13.0 Å². The molecule has 1 aliphatic heterocycles. The number of hydrogen-bond donors (Lipinski definition) is 1. The average molecular weight is 435 g/mol. The molecule has 32 heavy (non-hydrogen) atoms. The number of aromatic nitrogens is 2. The van der Waals surface area contributed by atoms with Crippen molar-refractivity contribution < 1.29 is 9.18 Å². The first-order valence-corrected chi connectivity index (χ1v) is 11.3. The maximum Gasteiger partial charge on any atom is 0.255 e. The summed E-state index contributed by atoms with van der Waals surface area (Å²) < 4.78 is 14.8. The Kier molecular flexibility index (Phi) is 7.00. The van der Waals surface area contributed by atoms with Gasteiger partial charge in [0.05, 0.1) is 11.3 Å². The van der Waals surface area contributed by atoms with Crippen LogP contribution in [0.15, 0.2) is 54.7 Å². The number of rotatable bonds is 7. The van der Waals surface area contributed by atoms with Crippen LogP contribution in [-0.2, 0) is 26.6 Å². The fourth-order valence-electron chi connectivity index (χ4n) is 4.45. The summed E-state index contributed by atoms with van der Waals surface area (Å²) in [6.45, 7) is 5.63. The van der Waals surface area contributed by atoms with Crippen molar-refractivity contribution in [3.63, 3.8) is 0 Å². The van der Waals surface area contributed by atoms with Gasteiger partial charge in [-0.25, -0.2) is 4.39 Å². The van der Waals surface area contributed by atoms with Crippen LogP contribution in [0.2, 0.25) is 0 Å². The molecule has 1 fully saturated rings. The lowest BCUT2D eigenvalue weighted by Gasteiger charge is -2.32. The number of carbonyl (C=O) groups excluding carboxylic acids is 1. The first-order chi connectivity index (χ1) is 15.5. The predicted molar refractivity (Wildman–Crippen MR) is 124 cm³/mol. The van der Waals surface area contributed by atoms with Gasteiger partial charge in [0.1, 0.15) is 5.82 Å². The van der Waals surface area contributed by atoms with E-state index in [2.05, 4.69) is 46.5 Å². The molecule has 0 spiro atoms. The fraction of sp³-hybridized carbons (Fsp3) is 0.385. The molecular formula is C26H31FN4O.